The molecule has 1 aromatic carbocycles. The number of thiophene rings is 1. The third-order valence-electron chi connectivity index (χ3n) is 6.73. The molecule has 0 saturated heterocycles. The van der Waals surface area contributed by atoms with Crippen molar-refractivity contribution in [1.82, 2.24) is 0 Å². The largest absolute Gasteiger partial charge is 0.490 e. The number of carbonyl (C=O) groups excluding carboxylic acids is 2. The van der Waals surface area contributed by atoms with Crippen LogP contribution in [0.25, 0.3) is 0 Å². The van der Waals surface area contributed by atoms with Crippen molar-refractivity contribution in [2.45, 2.75) is 65.2 Å². The van der Waals surface area contributed by atoms with Gasteiger partial charge in [0.2, 0.25) is 11.8 Å². The molecule has 2 amide bonds. The van der Waals surface area contributed by atoms with E-state index in [1.807, 2.05) is 48.4 Å². The fourth-order valence-corrected chi connectivity index (χ4v) is 5.68. The zero-order valence-electron chi connectivity index (χ0n) is 19.6. The van der Waals surface area contributed by atoms with E-state index in [0.717, 1.165) is 42.7 Å². The Morgan fingerprint density at radius 1 is 1.22 bits per heavy atom. The van der Waals surface area contributed by atoms with Gasteiger partial charge in [-0.15, -0.1) is 11.3 Å². The number of benzene rings is 1. The summed E-state index contributed by atoms with van der Waals surface area (Å²) in [6.07, 6.45) is 4.78. The summed E-state index contributed by atoms with van der Waals surface area (Å²) >= 11 is 1.66. The minimum atomic E-state index is -0.605. The first kappa shape index (κ1) is 22.8. The summed E-state index contributed by atoms with van der Waals surface area (Å²) in [5.41, 5.74) is 0.400. The van der Waals surface area contributed by atoms with Crippen LogP contribution in [0.2, 0.25) is 0 Å². The molecular weight excluding hydrogens is 420 g/mol. The molecule has 0 unspecified atom stereocenters. The Hall–Kier alpha value is -2.34. The van der Waals surface area contributed by atoms with Gasteiger partial charge < -0.3 is 15.0 Å². The fourth-order valence-electron chi connectivity index (χ4n) is 4.70. The molecule has 0 spiro atoms. The van der Waals surface area contributed by atoms with E-state index in [4.69, 9.17) is 4.74 Å². The van der Waals surface area contributed by atoms with Gasteiger partial charge in [-0.2, -0.15) is 0 Å². The molecule has 1 fully saturated rings. The monoisotopic (exact) mass is 454 g/mol. The van der Waals surface area contributed by atoms with E-state index in [2.05, 4.69) is 25.2 Å². The van der Waals surface area contributed by atoms with Crippen molar-refractivity contribution in [2.75, 3.05) is 23.4 Å². The number of hydrogen-bond acceptors (Lipinski definition) is 4. The minimum absolute atomic E-state index is 0.0485. The van der Waals surface area contributed by atoms with Crippen molar-refractivity contribution in [1.29, 1.82) is 0 Å². The Balaban J connectivity index is 1.64. The zero-order valence-corrected chi connectivity index (χ0v) is 20.4. The molecule has 0 bridgehead atoms. The third-order valence-corrected chi connectivity index (χ3v) is 7.81. The smallest absolute Gasteiger partial charge is 0.236 e. The van der Waals surface area contributed by atoms with Crippen LogP contribution in [-0.4, -0.2) is 25.0 Å². The van der Waals surface area contributed by atoms with Gasteiger partial charge in [-0.05, 0) is 68.7 Å². The summed E-state index contributed by atoms with van der Waals surface area (Å²) in [5, 5.41) is 5.22. The van der Waals surface area contributed by atoms with Gasteiger partial charge in [0.15, 0.2) is 0 Å². The zero-order chi connectivity index (χ0) is 22.9. The number of ether oxygens (including phenoxy) is 1. The van der Waals surface area contributed by atoms with E-state index in [0.29, 0.717) is 30.5 Å². The predicted molar refractivity (Wildman–Crippen MR) is 131 cm³/mol. The summed E-state index contributed by atoms with van der Waals surface area (Å²) < 4.78 is 6.04. The maximum atomic E-state index is 13.5. The average molecular weight is 455 g/mol. The Morgan fingerprint density at radius 3 is 2.62 bits per heavy atom. The van der Waals surface area contributed by atoms with E-state index >= 15 is 0 Å². The first-order valence-corrected chi connectivity index (χ1v) is 12.6. The van der Waals surface area contributed by atoms with Crippen molar-refractivity contribution < 1.29 is 14.3 Å². The first-order chi connectivity index (χ1) is 15.2. The van der Waals surface area contributed by atoms with Crippen LogP contribution in [0.15, 0.2) is 35.7 Å². The lowest BCUT2D eigenvalue weighted by atomic mass is 9.83. The average Bonchev–Trinajstić information content (AvgIpc) is 3.44. The summed E-state index contributed by atoms with van der Waals surface area (Å²) in [7, 11) is 0. The molecule has 32 heavy (non-hydrogen) atoms. The molecule has 1 aliphatic carbocycles. The molecule has 172 valence electrons. The van der Waals surface area contributed by atoms with Gasteiger partial charge >= 0.3 is 0 Å². The van der Waals surface area contributed by atoms with Crippen LogP contribution in [0.5, 0.6) is 5.75 Å². The number of carbonyl (C=O) groups is 2. The molecule has 1 aromatic heterocycles. The topological polar surface area (TPSA) is 58.6 Å². The van der Waals surface area contributed by atoms with Crippen molar-refractivity contribution >= 4 is 34.5 Å². The van der Waals surface area contributed by atoms with E-state index in [9.17, 15) is 9.59 Å². The van der Waals surface area contributed by atoms with E-state index < -0.39 is 10.8 Å². The number of amides is 2. The number of nitrogens with zero attached hydrogens (tertiary/aromatic N) is 1. The highest BCUT2D eigenvalue weighted by Crippen LogP contribution is 2.44. The molecule has 0 atom stereocenters. The highest BCUT2D eigenvalue weighted by molar-refractivity contribution is 7.10. The number of hydrogen-bond donors (Lipinski definition) is 1. The standard InChI is InChI=1S/C26H34N2O3S/c1-18(2)11-14-28-20-16-19(9-10-21(20)31-17-25(3,4)24(28)30)27-23(29)26(12-5-6-13-26)22-8-7-15-32-22/h7-10,15-16,18H,5-6,11-14,17H2,1-4H3,(H,27,29). The van der Waals surface area contributed by atoms with Gasteiger partial charge in [0.1, 0.15) is 12.4 Å². The lowest BCUT2D eigenvalue weighted by Crippen LogP contribution is -2.43. The molecule has 6 heteroatoms. The van der Waals surface area contributed by atoms with Crippen molar-refractivity contribution in [3.8, 4) is 5.75 Å². The molecular formula is C26H34N2O3S. The molecule has 2 heterocycles. The van der Waals surface area contributed by atoms with Crippen LogP contribution in [0, 0.1) is 11.3 Å². The molecule has 5 nitrogen and oxygen atoms in total. The second kappa shape index (κ2) is 8.89. The van der Waals surface area contributed by atoms with Crippen LogP contribution in [0.1, 0.15) is 64.7 Å². The quantitative estimate of drug-likeness (QED) is 0.583. The summed E-state index contributed by atoms with van der Waals surface area (Å²) in [4.78, 5) is 29.9. The molecule has 4 rings (SSSR count). The lowest BCUT2D eigenvalue weighted by molar-refractivity contribution is -0.127. The second-order valence-corrected chi connectivity index (χ2v) is 11.2. The van der Waals surface area contributed by atoms with Crippen LogP contribution in [0.4, 0.5) is 11.4 Å². The fraction of sp³-hybridized carbons (Fsp3) is 0.538. The van der Waals surface area contributed by atoms with Crippen molar-refractivity contribution in [3.63, 3.8) is 0 Å². The van der Waals surface area contributed by atoms with E-state index in [1.165, 1.54) is 0 Å². The molecule has 1 N–H and O–H groups in total. The number of fused-ring (bicyclic) bond motifs is 1. The van der Waals surface area contributed by atoms with Gasteiger partial charge in [0, 0.05) is 17.1 Å². The highest BCUT2D eigenvalue weighted by atomic mass is 32.1. The third kappa shape index (κ3) is 4.29. The summed E-state index contributed by atoms with van der Waals surface area (Å²) in [6, 6.07) is 9.78. The number of nitrogens with one attached hydrogen (secondary N) is 1. The predicted octanol–water partition coefficient (Wildman–Crippen LogP) is 6.00. The Labute approximate surface area is 195 Å². The van der Waals surface area contributed by atoms with Crippen molar-refractivity contribution in [2.24, 2.45) is 11.3 Å². The number of anilines is 2. The van der Waals surface area contributed by atoms with Crippen LogP contribution < -0.4 is 15.0 Å². The van der Waals surface area contributed by atoms with Gasteiger partial charge in [0.05, 0.1) is 16.5 Å². The summed E-state index contributed by atoms with van der Waals surface area (Å²) in [6.45, 7) is 9.14. The summed E-state index contributed by atoms with van der Waals surface area (Å²) in [5.74, 6) is 1.28. The van der Waals surface area contributed by atoms with Gasteiger partial charge in [-0.25, -0.2) is 0 Å². The van der Waals surface area contributed by atoms with Crippen LogP contribution in [0.3, 0.4) is 0 Å². The molecule has 0 radical (unpaired) electrons. The maximum absolute atomic E-state index is 13.5. The molecule has 2 aromatic rings. The number of rotatable bonds is 6. The van der Waals surface area contributed by atoms with Crippen LogP contribution in [-0.2, 0) is 15.0 Å². The Kier molecular flexibility index (Phi) is 6.35. The van der Waals surface area contributed by atoms with Gasteiger partial charge in [-0.3, -0.25) is 9.59 Å². The Morgan fingerprint density at radius 2 is 1.97 bits per heavy atom. The molecule has 1 saturated carbocycles. The SMILES string of the molecule is CC(C)CCN1C(=O)C(C)(C)COc2ccc(NC(=O)C3(c4cccs4)CCCC3)cc21. The van der Waals surface area contributed by atoms with E-state index in [1.54, 1.807) is 11.3 Å². The van der Waals surface area contributed by atoms with Crippen molar-refractivity contribution in [3.05, 3.63) is 40.6 Å². The first-order valence-electron chi connectivity index (χ1n) is 11.7. The van der Waals surface area contributed by atoms with Gasteiger partial charge in [0.25, 0.3) is 0 Å². The highest BCUT2D eigenvalue weighted by Gasteiger charge is 2.44. The Bertz CT molecular complexity index is 975. The lowest BCUT2D eigenvalue weighted by Gasteiger charge is -2.29. The van der Waals surface area contributed by atoms with E-state index in [-0.39, 0.29) is 11.8 Å². The minimum Gasteiger partial charge on any atom is -0.490 e. The second-order valence-electron chi connectivity index (χ2n) is 10.2. The molecule has 2 aliphatic rings. The van der Waals surface area contributed by atoms with Gasteiger partial charge in [-0.1, -0.05) is 32.8 Å². The van der Waals surface area contributed by atoms with Crippen LogP contribution >= 0.6 is 11.3 Å². The molecule has 1 aliphatic heterocycles. The normalized spacial score (nSPS) is 19.4. The maximum Gasteiger partial charge on any atom is 0.236 e.